The molecule has 1 aliphatic rings. The lowest BCUT2D eigenvalue weighted by molar-refractivity contribution is 0.0736. The van der Waals surface area contributed by atoms with Gasteiger partial charge in [-0.25, -0.2) is 0 Å². The number of hydrogen-bond donors (Lipinski definition) is 1. The molecule has 0 heterocycles. The molecule has 1 amide bonds. The van der Waals surface area contributed by atoms with E-state index in [1.165, 1.54) is 12.8 Å². The molecule has 3 nitrogen and oxygen atoms in total. The first-order chi connectivity index (χ1) is 9.24. The minimum atomic E-state index is 0.145. The Morgan fingerprint density at radius 3 is 2.68 bits per heavy atom. The van der Waals surface area contributed by atoms with E-state index in [0.717, 1.165) is 37.1 Å². The van der Waals surface area contributed by atoms with Crippen LogP contribution in [-0.2, 0) is 0 Å². The molecular weight excluding hydrogens is 236 g/mol. The zero-order valence-corrected chi connectivity index (χ0v) is 12.0. The highest BCUT2D eigenvalue weighted by molar-refractivity contribution is 5.99. The second kappa shape index (κ2) is 6.60. The van der Waals surface area contributed by atoms with E-state index in [0.29, 0.717) is 6.04 Å². The lowest BCUT2D eigenvalue weighted by Gasteiger charge is -2.25. The average molecular weight is 260 g/mol. The number of anilines is 1. The second-order valence-corrected chi connectivity index (χ2v) is 5.33. The Hall–Kier alpha value is -1.51. The second-order valence-electron chi connectivity index (χ2n) is 5.33. The molecule has 0 aliphatic heterocycles. The Labute approximate surface area is 116 Å². The zero-order valence-electron chi connectivity index (χ0n) is 12.0. The maximum absolute atomic E-state index is 12.6. The highest BCUT2D eigenvalue weighted by Crippen LogP contribution is 2.25. The fourth-order valence-corrected chi connectivity index (χ4v) is 2.73. The first kappa shape index (κ1) is 13.9. The van der Waals surface area contributed by atoms with Crippen LogP contribution in [0.25, 0.3) is 0 Å². The summed E-state index contributed by atoms with van der Waals surface area (Å²) in [6.07, 6.45) is 5.84. The van der Waals surface area contributed by atoms with Gasteiger partial charge in [0.05, 0.1) is 5.56 Å². The third-order valence-electron chi connectivity index (χ3n) is 3.92. The van der Waals surface area contributed by atoms with Crippen LogP contribution in [0.1, 0.15) is 49.4 Å². The molecule has 0 spiro atoms. The van der Waals surface area contributed by atoms with E-state index in [4.69, 9.17) is 0 Å². The summed E-state index contributed by atoms with van der Waals surface area (Å²) in [4.78, 5) is 14.5. The van der Waals surface area contributed by atoms with E-state index >= 15 is 0 Å². The van der Waals surface area contributed by atoms with Gasteiger partial charge in [-0.3, -0.25) is 4.79 Å². The SMILES string of the molecule is CCCNc1ccccc1C(=O)N(C)C1CCCC1. The number of rotatable bonds is 5. The maximum atomic E-state index is 12.6. The van der Waals surface area contributed by atoms with E-state index in [2.05, 4.69) is 12.2 Å². The van der Waals surface area contributed by atoms with Gasteiger partial charge in [-0.15, -0.1) is 0 Å². The van der Waals surface area contributed by atoms with Gasteiger partial charge in [0.25, 0.3) is 5.91 Å². The van der Waals surface area contributed by atoms with E-state index in [-0.39, 0.29) is 5.91 Å². The first-order valence-corrected chi connectivity index (χ1v) is 7.34. The molecule has 0 aromatic heterocycles. The smallest absolute Gasteiger partial charge is 0.255 e. The van der Waals surface area contributed by atoms with Gasteiger partial charge in [0.2, 0.25) is 0 Å². The summed E-state index contributed by atoms with van der Waals surface area (Å²) in [5.41, 5.74) is 1.75. The molecule has 1 N–H and O–H groups in total. The van der Waals surface area contributed by atoms with Crippen molar-refractivity contribution in [1.29, 1.82) is 0 Å². The number of nitrogens with one attached hydrogen (secondary N) is 1. The molecule has 0 radical (unpaired) electrons. The Morgan fingerprint density at radius 2 is 2.00 bits per heavy atom. The van der Waals surface area contributed by atoms with Crippen molar-refractivity contribution in [2.45, 2.75) is 45.1 Å². The van der Waals surface area contributed by atoms with Crippen LogP contribution in [0.5, 0.6) is 0 Å². The zero-order chi connectivity index (χ0) is 13.7. The molecule has 1 aromatic rings. The van der Waals surface area contributed by atoms with Crippen LogP contribution in [0.4, 0.5) is 5.69 Å². The third kappa shape index (κ3) is 3.28. The van der Waals surface area contributed by atoms with Crippen molar-refractivity contribution in [1.82, 2.24) is 4.90 Å². The number of para-hydroxylation sites is 1. The highest BCUT2D eigenvalue weighted by Gasteiger charge is 2.25. The van der Waals surface area contributed by atoms with Crippen LogP contribution in [0.15, 0.2) is 24.3 Å². The Balaban J connectivity index is 2.13. The Morgan fingerprint density at radius 1 is 1.32 bits per heavy atom. The summed E-state index contributed by atoms with van der Waals surface area (Å²) < 4.78 is 0. The fraction of sp³-hybridized carbons (Fsp3) is 0.562. The predicted molar refractivity (Wildman–Crippen MR) is 79.6 cm³/mol. The number of carbonyl (C=O) groups excluding carboxylic acids is 1. The van der Waals surface area contributed by atoms with Gasteiger partial charge in [-0.05, 0) is 31.4 Å². The van der Waals surface area contributed by atoms with E-state index < -0.39 is 0 Å². The monoisotopic (exact) mass is 260 g/mol. The summed E-state index contributed by atoms with van der Waals surface area (Å²) in [6, 6.07) is 8.25. The topological polar surface area (TPSA) is 32.3 Å². The lowest BCUT2D eigenvalue weighted by atomic mass is 10.1. The molecule has 1 fully saturated rings. The molecule has 19 heavy (non-hydrogen) atoms. The average Bonchev–Trinajstić information content (AvgIpc) is 2.98. The van der Waals surface area contributed by atoms with Gasteiger partial charge in [-0.2, -0.15) is 0 Å². The quantitative estimate of drug-likeness (QED) is 0.878. The van der Waals surface area contributed by atoms with Gasteiger partial charge in [0, 0.05) is 25.3 Å². The number of nitrogens with zero attached hydrogens (tertiary/aromatic N) is 1. The van der Waals surface area contributed by atoms with Crippen molar-refractivity contribution >= 4 is 11.6 Å². The van der Waals surface area contributed by atoms with Crippen LogP contribution in [0, 0.1) is 0 Å². The van der Waals surface area contributed by atoms with E-state index in [9.17, 15) is 4.79 Å². The summed E-state index contributed by atoms with van der Waals surface area (Å²) >= 11 is 0. The largest absolute Gasteiger partial charge is 0.384 e. The van der Waals surface area contributed by atoms with Crippen molar-refractivity contribution in [2.75, 3.05) is 18.9 Å². The van der Waals surface area contributed by atoms with Gasteiger partial charge in [0.15, 0.2) is 0 Å². The molecule has 1 saturated carbocycles. The van der Waals surface area contributed by atoms with Crippen molar-refractivity contribution in [3.63, 3.8) is 0 Å². The van der Waals surface area contributed by atoms with Gasteiger partial charge < -0.3 is 10.2 Å². The Kier molecular flexibility index (Phi) is 4.83. The minimum absolute atomic E-state index is 0.145. The molecular formula is C16H24N2O. The van der Waals surface area contributed by atoms with Gasteiger partial charge >= 0.3 is 0 Å². The maximum Gasteiger partial charge on any atom is 0.255 e. The normalized spacial score (nSPS) is 15.5. The fourth-order valence-electron chi connectivity index (χ4n) is 2.73. The van der Waals surface area contributed by atoms with Crippen LogP contribution in [0.2, 0.25) is 0 Å². The van der Waals surface area contributed by atoms with Crippen molar-refractivity contribution in [3.05, 3.63) is 29.8 Å². The van der Waals surface area contributed by atoms with Crippen LogP contribution in [-0.4, -0.2) is 30.4 Å². The summed E-state index contributed by atoms with van der Waals surface area (Å²) in [5.74, 6) is 0.145. The van der Waals surface area contributed by atoms with Crippen molar-refractivity contribution in [2.24, 2.45) is 0 Å². The molecule has 0 atom stereocenters. The molecule has 1 aromatic carbocycles. The summed E-state index contributed by atoms with van der Waals surface area (Å²) in [6.45, 7) is 3.03. The van der Waals surface area contributed by atoms with Crippen molar-refractivity contribution < 1.29 is 4.79 Å². The molecule has 2 rings (SSSR count). The predicted octanol–water partition coefficient (Wildman–Crippen LogP) is 3.52. The standard InChI is InChI=1S/C16H24N2O/c1-3-12-17-15-11-7-6-10-14(15)16(19)18(2)13-8-4-5-9-13/h6-7,10-11,13,17H,3-5,8-9,12H2,1-2H3. The van der Waals surface area contributed by atoms with Crippen LogP contribution in [0.3, 0.4) is 0 Å². The highest BCUT2D eigenvalue weighted by atomic mass is 16.2. The molecule has 0 unspecified atom stereocenters. The van der Waals surface area contributed by atoms with Crippen LogP contribution < -0.4 is 5.32 Å². The Bertz CT molecular complexity index is 425. The van der Waals surface area contributed by atoms with Crippen molar-refractivity contribution in [3.8, 4) is 0 Å². The lowest BCUT2D eigenvalue weighted by Crippen LogP contribution is -2.35. The number of hydrogen-bond acceptors (Lipinski definition) is 2. The first-order valence-electron chi connectivity index (χ1n) is 7.34. The minimum Gasteiger partial charge on any atom is -0.384 e. The number of amides is 1. The van der Waals surface area contributed by atoms with Gasteiger partial charge in [0.1, 0.15) is 0 Å². The molecule has 104 valence electrons. The summed E-state index contributed by atoms with van der Waals surface area (Å²) in [5, 5.41) is 3.34. The molecule has 3 heteroatoms. The molecule has 1 aliphatic carbocycles. The van der Waals surface area contributed by atoms with Crippen LogP contribution >= 0.6 is 0 Å². The molecule has 0 bridgehead atoms. The summed E-state index contributed by atoms with van der Waals surface area (Å²) in [7, 11) is 1.94. The molecule has 0 saturated heterocycles. The number of carbonyl (C=O) groups is 1. The van der Waals surface area contributed by atoms with Gasteiger partial charge in [-0.1, -0.05) is 31.9 Å². The third-order valence-corrected chi connectivity index (χ3v) is 3.92. The van der Waals surface area contributed by atoms with E-state index in [1.807, 2.05) is 36.2 Å². The number of benzene rings is 1. The van der Waals surface area contributed by atoms with E-state index in [1.54, 1.807) is 0 Å².